The van der Waals surface area contributed by atoms with Gasteiger partial charge in [0, 0.05) is 4.90 Å². The highest BCUT2D eigenvalue weighted by molar-refractivity contribution is 8.00. The molecule has 3 rings (SSSR count). The number of carbonyl (C=O) groups is 3. The molecule has 3 N–H and O–H groups in total. The van der Waals surface area contributed by atoms with Crippen LogP contribution < -0.4 is 10.7 Å². The van der Waals surface area contributed by atoms with Crippen LogP contribution >= 0.6 is 11.8 Å². The summed E-state index contributed by atoms with van der Waals surface area (Å²) >= 11 is 1.26. The summed E-state index contributed by atoms with van der Waals surface area (Å²) in [7, 11) is 0. The van der Waals surface area contributed by atoms with Gasteiger partial charge in [0.15, 0.2) is 0 Å². The maximum Gasteiger partial charge on any atom is 0.344 e. The van der Waals surface area contributed by atoms with E-state index in [4.69, 9.17) is 0 Å². The summed E-state index contributed by atoms with van der Waals surface area (Å²) in [6.45, 7) is 2.13. The first-order chi connectivity index (χ1) is 11.9. The molecule has 2 aliphatic rings. The van der Waals surface area contributed by atoms with Gasteiger partial charge in [-0.05, 0) is 55.9 Å². The number of hydrazine groups is 1. The van der Waals surface area contributed by atoms with Gasteiger partial charge in [-0.1, -0.05) is 6.92 Å². The van der Waals surface area contributed by atoms with Crippen LogP contribution in [0.4, 0.5) is 4.79 Å². The lowest BCUT2D eigenvalue weighted by Gasteiger charge is -2.33. The summed E-state index contributed by atoms with van der Waals surface area (Å²) < 4.78 is 0. The van der Waals surface area contributed by atoms with E-state index in [-0.39, 0.29) is 17.4 Å². The smallest absolute Gasteiger partial charge is 0.344 e. The number of thioether (sulfide) groups is 1. The van der Waals surface area contributed by atoms with E-state index in [2.05, 4.69) is 17.7 Å². The van der Waals surface area contributed by atoms with E-state index in [1.165, 1.54) is 23.9 Å². The van der Waals surface area contributed by atoms with Crippen LogP contribution in [0.5, 0.6) is 5.75 Å². The van der Waals surface area contributed by atoms with E-state index in [9.17, 15) is 19.5 Å². The molecule has 0 aromatic heterocycles. The normalized spacial score (nSPS) is 26.0. The second-order valence-corrected chi connectivity index (χ2v) is 7.70. The number of rotatable bonds is 4. The lowest BCUT2D eigenvalue weighted by Crippen LogP contribution is -2.51. The molecule has 1 heterocycles. The molecule has 25 heavy (non-hydrogen) atoms. The Labute approximate surface area is 150 Å². The standard InChI is InChI=1S/C17H21N3O4S/c1-11-6-8-17(9-7-11)15(23)20(16(24)18-17)19-14(22)10-25-13-4-2-12(21)3-5-13/h2-5,11,21H,6-10H2,1H3,(H,18,24)(H,19,22). The zero-order chi connectivity index (χ0) is 18.0. The van der Waals surface area contributed by atoms with Crippen LogP contribution in [-0.4, -0.2) is 39.3 Å². The molecule has 1 saturated heterocycles. The maximum absolute atomic E-state index is 12.6. The largest absolute Gasteiger partial charge is 0.508 e. The van der Waals surface area contributed by atoms with Crippen molar-refractivity contribution in [3.8, 4) is 5.75 Å². The van der Waals surface area contributed by atoms with E-state index < -0.39 is 17.5 Å². The van der Waals surface area contributed by atoms with Crippen LogP contribution in [0.25, 0.3) is 0 Å². The molecular formula is C17H21N3O4S. The highest BCUT2D eigenvalue weighted by Crippen LogP contribution is 2.35. The first-order valence-electron chi connectivity index (χ1n) is 8.28. The first-order valence-corrected chi connectivity index (χ1v) is 9.26. The molecule has 0 bridgehead atoms. The van der Waals surface area contributed by atoms with E-state index in [1.54, 1.807) is 12.1 Å². The predicted molar refractivity (Wildman–Crippen MR) is 92.7 cm³/mol. The Balaban J connectivity index is 1.56. The fourth-order valence-corrected chi connectivity index (χ4v) is 3.85. The number of amides is 4. The number of nitrogens with one attached hydrogen (secondary N) is 2. The van der Waals surface area contributed by atoms with Crippen molar-refractivity contribution in [3.05, 3.63) is 24.3 Å². The van der Waals surface area contributed by atoms with Crippen LogP contribution in [-0.2, 0) is 9.59 Å². The van der Waals surface area contributed by atoms with Crippen LogP contribution in [0.2, 0.25) is 0 Å². The van der Waals surface area contributed by atoms with Gasteiger partial charge in [-0.15, -0.1) is 11.8 Å². The molecule has 1 aliphatic heterocycles. The Bertz CT molecular complexity index is 684. The average molecular weight is 363 g/mol. The molecule has 1 saturated carbocycles. The Morgan fingerprint density at radius 3 is 2.60 bits per heavy atom. The predicted octanol–water partition coefficient (Wildman–Crippen LogP) is 2.02. The summed E-state index contributed by atoms with van der Waals surface area (Å²) in [5.41, 5.74) is 1.55. The minimum Gasteiger partial charge on any atom is -0.508 e. The van der Waals surface area contributed by atoms with Crippen molar-refractivity contribution in [1.29, 1.82) is 0 Å². The third kappa shape index (κ3) is 3.73. The number of nitrogens with zero attached hydrogens (tertiary/aromatic N) is 1. The Morgan fingerprint density at radius 1 is 1.32 bits per heavy atom. The molecule has 1 spiro atoms. The summed E-state index contributed by atoms with van der Waals surface area (Å²) in [6.07, 6.45) is 2.97. The first kappa shape index (κ1) is 17.6. The molecule has 0 unspecified atom stereocenters. The van der Waals surface area contributed by atoms with Gasteiger partial charge >= 0.3 is 6.03 Å². The minimum absolute atomic E-state index is 0.0614. The zero-order valence-electron chi connectivity index (χ0n) is 13.9. The Hall–Kier alpha value is -2.22. The number of phenolic OH excluding ortho intramolecular Hbond substituents is 1. The van der Waals surface area contributed by atoms with Crippen LogP contribution in [0, 0.1) is 5.92 Å². The van der Waals surface area contributed by atoms with E-state index in [0.717, 1.165) is 22.7 Å². The Kier molecular flexibility index (Phi) is 4.89. The van der Waals surface area contributed by atoms with Gasteiger partial charge in [0.1, 0.15) is 11.3 Å². The van der Waals surface area contributed by atoms with Gasteiger partial charge in [-0.2, -0.15) is 5.01 Å². The summed E-state index contributed by atoms with van der Waals surface area (Å²) in [4.78, 5) is 37.7. The molecule has 134 valence electrons. The lowest BCUT2D eigenvalue weighted by atomic mass is 9.77. The van der Waals surface area contributed by atoms with Crippen molar-refractivity contribution in [1.82, 2.24) is 15.8 Å². The number of phenols is 1. The van der Waals surface area contributed by atoms with E-state index in [0.29, 0.717) is 18.8 Å². The second-order valence-electron chi connectivity index (χ2n) is 6.65. The van der Waals surface area contributed by atoms with Crippen LogP contribution in [0.1, 0.15) is 32.6 Å². The summed E-state index contributed by atoms with van der Waals surface area (Å²) in [6, 6.07) is 5.89. The van der Waals surface area contributed by atoms with Gasteiger partial charge in [-0.3, -0.25) is 15.0 Å². The molecule has 7 nitrogen and oxygen atoms in total. The quantitative estimate of drug-likeness (QED) is 0.561. The topological polar surface area (TPSA) is 98.7 Å². The second kappa shape index (κ2) is 6.95. The number of hydrogen-bond acceptors (Lipinski definition) is 5. The molecule has 2 fully saturated rings. The summed E-state index contributed by atoms with van der Waals surface area (Å²) in [5.74, 6) is -0.0395. The monoisotopic (exact) mass is 363 g/mol. The number of hydrogen-bond donors (Lipinski definition) is 3. The molecule has 1 aromatic carbocycles. The van der Waals surface area contributed by atoms with Gasteiger partial charge < -0.3 is 10.4 Å². The number of aromatic hydroxyl groups is 1. The van der Waals surface area contributed by atoms with Crippen molar-refractivity contribution in [2.45, 2.75) is 43.0 Å². The number of benzene rings is 1. The van der Waals surface area contributed by atoms with Crippen molar-refractivity contribution in [3.63, 3.8) is 0 Å². The highest BCUT2D eigenvalue weighted by Gasteiger charge is 2.52. The van der Waals surface area contributed by atoms with Crippen molar-refractivity contribution >= 4 is 29.6 Å². The molecule has 8 heteroatoms. The Morgan fingerprint density at radius 2 is 1.96 bits per heavy atom. The number of urea groups is 1. The third-order valence-corrected chi connectivity index (χ3v) is 5.74. The van der Waals surface area contributed by atoms with Crippen molar-refractivity contribution in [2.75, 3.05) is 5.75 Å². The molecule has 1 aliphatic carbocycles. The number of imide groups is 1. The SMILES string of the molecule is CC1CCC2(CC1)NC(=O)N(NC(=O)CSc1ccc(O)cc1)C2=O. The average Bonchev–Trinajstić information content (AvgIpc) is 2.82. The molecular weight excluding hydrogens is 342 g/mol. The van der Waals surface area contributed by atoms with Gasteiger partial charge in [0.2, 0.25) is 5.91 Å². The van der Waals surface area contributed by atoms with Gasteiger partial charge in [0.25, 0.3) is 5.91 Å². The van der Waals surface area contributed by atoms with Crippen LogP contribution in [0.3, 0.4) is 0 Å². The third-order valence-electron chi connectivity index (χ3n) is 4.73. The van der Waals surface area contributed by atoms with Crippen LogP contribution in [0.15, 0.2) is 29.2 Å². The van der Waals surface area contributed by atoms with Crippen molar-refractivity contribution < 1.29 is 19.5 Å². The van der Waals surface area contributed by atoms with Crippen molar-refractivity contribution in [2.24, 2.45) is 5.92 Å². The van der Waals surface area contributed by atoms with Gasteiger partial charge in [-0.25, -0.2) is 4.79 Å². The maximum atomic E-state index is 12.6. The zero-order valence-corrected chi connectivity index (χ0v) is 14.8. The van der Waals surface area contributed by atoms with E-state index >= 15 is 0 Å². The fraction of sp³-hybridized carbons (Fsp3) is 0.471. The van der Waals surface area contributed by atoms with E-state index in [1.807, 2.05) is 0 Å². The molecule has 4 amide bonds. The highest BCUT2D eigenvalue weighted by atomic mass is 32.2. The number of carbonyl (C=O) groups excluding carboxylic acids is 3. The molecule has 1 aromatic rings. The lowest BCUT2D eigenvalue weighted by molar-refractivity contribution is -0.139. The fourth-order valence-electron chi connectivity index (χ4n) is 3.16. The minimum atomic E-state index is -0.860. The summed E-state index contributed by atoms with van der Waals surface area (Å²) in [5, 5.41) is 12.8. The molecule has 0 atom stereocenters. The van der Waals surface area contributed by atoms with Gasteiger partial charge in [0.05, 0.1) is 5.75 Å². The molecule has 0 radical (unpaired) electrons.